The van der Waals surface area contributed by atoms with Gasteiger partial charge in [0.1, 0.15) is 0 Å². The van der Waals surface area contributed by atoms with Gasteiger partial charge in [-0.15, -0.1) is 0 Å². The van der Waals surface area contributed by atoms with E-state index in [0.717, 1.165) is 0 Å². The molecule has 0 amide bonds. The molecule has 5 nitrogen and oxygen atoms in total. The third-order valence-corrected chi connectivity index (χ3v) is 4.73. The van der Waals surface area contributed by atoms with Gasteiger partial charge in [0.05, 0.1) is 22.4 Å². The molecule has 0 spiro atoms. The van der Waals surface area contributed by atoms with Crippen LogP contribution < -0.4 is 0 Å². The highest BCUT2D eigenvalue weighted by Crippen LogP contribution is 2.19. The molecule has 0 aliphatic heterocycles. The molecule has 1 aromatic rings. The fraction of sp³-hybridized carbons (Fsp3) is 0.400. The van der Waals surface area contributed by atoms with E-state index in [1.807, 2.05) is 0 Å². The van der Waals surface area contributed by atoms with Crippen LogP contribution in [0.5, 0.6) is 0 Å². The van der Waals surface area contributed by atoms with Crippen molar-refractivity contribution in [3.63, 3.8) is 0 Å². The van der Waals surface area contributed by atoms with Crippen molar-refractivity contribution < 1.29 is 18.3 Å². The van der Waals surface area contributed by atoms with Gasteiger partial charge in [0.2, 0.25) is 0 Å². The van der Waals surface area contributed by atoms with Crippen LogP contribution in [0.25, 0.3) is 0 Å². The Hall–Kier alpha value is -1.14. The van der Waals surface area contributed by atoms with Crippen molar-refractivity contribution in [2.24, 2.45) is 0 Å². The Balaban J connectivity index is 2.87. The molecule has 1 heterocycles. The van der Waals surface area contributed by atoms with Gasteiger partial charge in [-0.2, -0.15) is 0 Å². The minimum atomic E-state index is -3.52. The van der Waals surface area contributed by atoms with Crippen molar-refractivity contribution in [3.8, 4) is 0 Å². The summed E-state index contributed by atoms with van der Waals surface area (Å²) in [6.07, 6.45) is 2.39. The van der Waals surface area contributed by atoms with Crippen LogP contribution in [0.1, 0.15) is 18.9 Å². The van der Waals surface area contributed by atoms with Gasteiger partial charge < -0.3 is 5.11 Å². The van der Waals surface area contributed by atoms with Gasteiger partial charge >= 0.3 is 5.97 Å². The summed E-state index contributed by atoms with van der Waals surface area (Å²) in [5.74, 6) is -1.41. The summed E-state index contributed by atoms with van der Waals surface area (Å²) in [5, 5.41) is 7.89. The number of hydrogen-bond acceptors (Lipinski definition) is 4. The molecule has 1 rings (SSSR count). The van der Waals surface area contributed by atoms with E-state index in [1.54, 1.807) is 0 Å². The van der Waals surface area contributed by atoms with Gasteiger partial charge in [0.15, 0.2) is 9.84 Å². The van der Waals surface area contributed by atoms with E-state index in [4.69, 9.17) is 16.7 Å². The highest BCUT2D eigenvalue weighted by atomic mass is 35.5. The number of aromatic nitrogens is 1. The van der Waals surface area contributed by atoms with Gasteiger partial charge in [0, 0.05) is 12.4 Å². The Morgan fingerprint density at radius 3 is 2.76 bits per heavy atom. The smallest absolute Gasteiger partial charge is 0.304 e. The average Bonchev–Trinajstić information content (AvgIpc) is 2.20. The largest absolute Gasteiger partial charge is 0.481 e. The summed E-state index contributed by atoms with van der Waals surface area (Å²) < 4.78 is 23.7. The van der Waals surface area contributed by atoms with Crippen molar-refractivity contribution in [1.29, 1.82) is 0 Å². The SMILES string of the molecule is CC(CC(=O)O)S(=O)(=O)Cc1ccncc1Cl. The molecule has 7 heteroatoms. The first-order chi connectivity index (χ1) is 7.83. The Kier molecular flexibility index (Phi) is 4.47. The summed E-state index contributed by atoms with van der Waals surface area (Å²) in [5.41, 5.74) is 0.430. The van der Waals surface area contributed by atoms with Crippen molar-refractivity contribution in [2.45, 2.75) is 24.3 Å². The maximum Gasteiger partial charge on any atom is 0.304 e. The molecule has 1 aromatic heterocycles. The van der Waals surface area contributed by atoms with E-state index in [1.165, 1.54) is 25.4 Å². The van der Waals surface area contributed by atoms with Crippen molar-refractivity contribution >= 4 is 27.4 Å². The number of hydrogen-bond donors (Lipinski definition) is 1. The molecule has 17 heavy (non-hydrogen) atoms. The van der Waals surface area contributed by atoms with Gasteiger partial charge in [-0.05, 0) is 18.6 Å². The van der Waals surface area contributed by atoms with Crippen LogP contribution in [0.4, 0.5) is 0 Å². The lowest BCUT2D eigenvalue weighted by molar-refractivity contribution is -0.136. The third-order valence-electron chi connectivity index (χ3n) is 2.29. The van der Waals surface area contributed by atoms with Crippen LogP contribution in [0.3, 0.4) is 0 Å². The summed E-state index contributed by atoms with van der Waals surface area (Å²) in [6.45, 7) is 1.37. The first-order valence-electron chi connectivity index (χ1n) is 4.84. The summed E-state index contributed by atoms with van der Waals surface area (Å²) in [4.78, 5) is 14.2. The third kappa shape index (κ3) is 3.98. The maximum absolute atomic E-state index is 11.8. The zero-order valence-electron chi connectivity index (χ0n) is 9.13. The number of carboxylic acid groups (broad SMARTS) is 1. The molecule has 0 aliphatic rings. The minimum Gasteiger partial charge on any atom is -0.481 e. The second-order valence-corrected chi connectivity index (χ2v) is 6.51. The average molecular weight is 278 g/mol. The standard InChI is InChI=1S/C10H12ClNO4S/c1-7(4-10(13)14)17(15,16)6-8-2-3-12-5-9(8)11/h2-3,5,7H,4,6H2,1H3,(H,13,14). The Morgan fingerprint density at radius 2 is 2.24 bits per heavy atom. The van der Waals surface area contributed by atoms with Crippen LogP contribution in [-0.4, -0.2) is 29.7 Å². The molecule has 1 unspecified atom stereocenters. The van der Waals surface area contributed by atoms with Crippen molar-refractivity contribution in [2.75, 3.05) is 0 Å². The number of nitrogens with zero attached hydrogens (tertiary/aromatic N) is 1. The summed E-state index contributed by atoms with van der Waals surface area (Å²) in [7, 11) is -3.52. The zero-order valence-corrected chi connectivity index (χ0v) is 10.7. The van der Waals surface area contributed by atoms with Crippen molar-refractivity contribution in [1.82, 2.24) is 4.98 Å². The Bertz CT molecular complexity index is 515. The molecular formula is C10H12ClNO4S. The van der Waals surface area contributed by atoms with Gasteiger partial charge in [0.25, 0.3) is 0 Å². The number of rotatable bonds is 5. The first kappa shape index (κ1) is 13.9. The zero-order chi connectivity index (χ0) is 13.1. The van der Waals surface area contributed by atoms with Crippen LogP contribution in [0, 0.1) is 0 Å². The van der Waals surface area contributed by atoms with Crippen LogP contribution in [-0.2, 0) is 20.4 Å². The number of aliphatic carboxylic acids is 1. The van der Waals surface area contributed by atoms with Crippen LogP contribution in [0.15, 0.2) is 18.5 Å². The molecular weight excluding hydrogens is 266 g/mol. The molecule has 1 atom stereocenters. The molecule has 0 saturated heterocycles. The van der Waals surface area contributed by atoms with Gasteiger partial charge in [-0.1, -0.05) is 11.6 Å². The Labute approximate surface area is 104 Å². The molecule has 0 bridgehead atoms. The molecule has 0 radical (unpaired) electrons. The number of carboxylic acids is 1. The van der Waals surface area contributed by atoms with Gasteiger partial charge in [-0.25, -0.2) is 8.42 Å². The predicted octanol–water partition coefficient (Wildman–Crippen LogP) is 1.51. The lowest BCUT2D eigenvalue weighted by atomic mass is 10.3. The number of carbonyl (C=O) groups is 1. The maximum atomic E-state index is 11.8. The van der Waals surface area contributed by atoms with E-state index in [9.17, 15) is 13.2 Å². The highest BCUT2D eigenvalue weighted by Gasteiger charge is 2.24. The molecule has 1 N–H and O–H groups in total. The topological polar surface area (TPSA) is 84.3 Å². The van der Waals surface area contributed by atoms with E-state index < -0.39 is 27.5 Å². The quantitative estimate of drug-likeness (QED) is 0.882. The predicted molar refractivity (Wildman–Crippen MR) is 63.6 cm³/mol. The fourth-order valence-electron chi connectivity index (χ4n) is 1.25. The molecule has 94 valence electrons. The van der Waals surface area contributed by atoms with E-state index in [0.29, 0.717) is 5.56 Å². The second-order valence-electron chi connectivity index (χ2n) is 3.68. The molecule has 0 saturated carbocycles. The van der Waals surface area contributed by atoms with Gasteiger partial charge in [-0.3, -0.25) is 9.78 Å². The number of sulfone groups is 1. The summed E-state index contributed by atoms with van der Waals surface area (Å²) >= 11 is 5.80. The monoisotopic (exact) mass is 277 g/mol. The molecule has 0 aliphatic carbocycles. The fourth-order valence-corrected chi connectivity index (χ4v) is 2.88. The van der Waals surface area contributed by atoms with E-state index in [-0.39, 0.29) is 10.8 Å². The normalized spacial score (nSPS) is 13.3. The van der Waals surface area contributed by atoms with Crippen molar-refractivity contribution in [3.05, 3.63) is 29.0 Å². The number of halogens is 1. The minimum absolute atomic E-state index is 0.263. The van der Waals surface area contributed by atoms with Crippen LogP contribution >= 0.6 is 11.6 Å². The lowest BCUT2D eigenvalue weighted by Crippen LogP contribution is -2.23. The van der Waals surface area contributed by atoms with Crippen LogP contribution in [0.2, 0.25) is 5.02 Å². The number of pyridine rings is 1. The highest BCUT2D eigenvalue weighted by molar-refractivity contribution is 7.91. The Morgan fingerprint density at radius 1 is 1.59 bits per heavy atom. The molecule has 0 fully saturated rings. The van der Waals surface area contributed by atoms with E-state index in [2.05, 4.69) is 4.98 Å². The lowest BCUT2D eigenvalue weighted by Gasteiger charge is -2.11. The first-order valence-corrected chi connectivity index (χ1v) is 6.94. The summed E-state index contributed by atoms with van der Waals surface area (Å²) in [6, 6.07) is 1.51. The molecule has 0 aromatic carbocycles. The van der Waals surface area contributed by atoms with E-state index >= 15 is 0 Å². The second kappa shape index (κ2) is 5.46.